The molecule has 0 bridgehead atoms. The number of nitrogens with two attached hydrogens (primary N) is 2. The minimum atomic E-state index is 0.127. The zero-order valence-corrected chi connectivity index (χ0v) is 15.1. The van der Waals surface area contributed by atoms with Gasteiger partial charge in [0.2, 0.25) is 5.95 Å². The highest BCUT2D eigenvalue weighted by molar-refractivity contribution is 7.98. The summed E-state index contributed by atoms with van der Waals surface area (Å²) in [6.07, 6.45) is 1.80. The minimum Gasteiger partial charge on any atom is -0.497 e. The van der Waals surface area contributed by atoms with Crippen LogP contribution in [0, 0.1) is 6.92 Å². The SMILES string of the molecule is COc1ccc(SCc2cnc3nc(N)nc(N)c3c2C)c(OC)c1. The van der Waals surface area contributed by atoms with Gasteiger partial charge >= 0.3 is 0 Å². The topological polar surface area (TPSA) is 109 Å². The van der Waals surface area contributed by atoms with E-state index >= 15 is 0 Å². The number of aryl methyl sites for hydroxylation is 1. The number of ether oxygens (including phenoxy) is 2. The van der Waals surface area contributed by atoms with Gasteiger partial charge in [-0.25, -0.2) is 4.98 Å². The van der Waals surface area contributed by atoms with E-state index in [0.717, 1.165) is 32.9 Å². The summed E-state index contributed by atoms with van der Waals surface area (Å²) in [6, 6.07) is 5.75. The van der Waals surface area contributed by atoms with Crippen LogP contribution >= 0.6 is 11.8 Å². The van der Waals surface area contributed by atoms with E-state index < -0.39 is 0 Å². The number of benzene rings is 1. The Hall–Kier alpha value is -2.74. The molecule has 1 aromatic carbocycles. The molecule has 2 heterocycles. The van der Waals surface area contributed by atoms with Gasteiger partial charge in [0.05, 0.1) is 19.6 Å². The van der Waals surface area contributed by atoms with Gasteiger partial charge in [0.15, 0.2) is 5.65 Å². The molecule has 0 fully saturated rings. The van der Waals surface area contributed by atoms with E-state index in [1.54, 1.807) is 32.2 Å². The molecule has 0 saturated carbocycles. The second kappa shape index (κ2) is 7.02. The number of pyridine rings is 1. The molecule has 130 valence electrons. The molecule has 3 rings (SSSR count). The highest BCUT2D eigenvalue weighted by Gasteiger charge is 2.13. The third-order valence-corrected chi connectivity index (χ3v) is 4.99. The minimum absolute atomic E-state index is 0.127. The molecular weight excluding hydrogens is 338 g/mol. The molecule has 7 nitrogen and oxygen atoms in total. The first-order valence-corrected chi connectivity index (χ1v) is 8.54. The van der Waals surface area contributed by atoms with Crippen LogP contribution in [0.25, 0.3) is 11.0 Å². The number of hydrogen-bond donors (Lipinski definition) is 2. The molecule has 0 unspecified atom stereocenters. The van der Waals surface area contributed by atoms with E-state index in [-0.39, 0.29) is 5.95 Å². The fourth-order valence-electron chi connectivity index (χ4n) is 2.53. The lowest BCUT2D eigenvalue weighted by molar-refractivity contribution is 0.387. The Morgan fingerprint density at radius 3 is 2.64 bits per heavy atom. The monoisotopic (exact) mass is 357 g/mol. The summed E-state index contributed by atoms with van der Waals surface area (Å²) in [4.78, 5) is 13.6. The maximum Gasteiger partial charge on any atom is 0.224 e. The molecule has 0 amide bonds. The smallest absolute Gasteiger partial charge is 0.224 e. The van der Waals surface area contributed by atoms with Crippen molar-refractivity contribution in [2.45, 2.75) is 17.6 Å². The van der Waals surface area contributed by atoms with Crippen molar-refractivity contribution in [3.63, 3.8) is 0 Å². The average Bonchev–Trinajstić information content (AvgIpc) is 2.60. The van der Waals surface area contributed by atoms with Gasteiger partial charge in [0.25, 0.3) is 0 Å². The second-order valence-corrected chi connectivity index (χ2v) is 6.40. The van der Waals surface area contributed by atoms with Crippen molar-refractivity contribution in [2.24, 2.45) is 0 Å². The van der Waals surface area contributed by atoms with Gasteiger partial charge in [-0.05, 0) is 30.2 Å². The number of thioether (sulfide) groups is 1. The van der Waals surface area contributed by atoms with Gasteiger partial charge in [-0.2, -0.15) is 9.97 Å². The van der Waals surface area contributed by atoms with Gasteiger partial charge in [-0.3, -0.25) is 0 Å². The van der Waals surface area contributed by atoms with Gasteiger partial charge in [-0.1, -0.05) is 0 Å². The van der Waals surface area contributed by atoms with Crippen molar-refractivity contribution >= 4 is 34.6 Å². The van der Waals surface area contributed by atoms with Crippen molar-refractivity contribution in [1.29, 1.82) is 0 Å². The lowest BCUT2D eigenvalue weighted by Gasteiger charge is -2.12. The van der Waals surface area contributed by atoms with Crippen molar-refractivity contribution in [1.82, 2.24) is 15.0 Å². The normalized spacial score (nSPS) is 10.8. The highest BCUT2D eigenvalue weighted by atomic mass is 32.2. The summed E-state index contributed by atoms with van der Waals surface area (Å²) >= 11 is 1.65. The van der Waals surface area contributed by atoms with E-state index in [1.165, 1.54) is 0 Å². The Kier molecular flexibility index (Phi) is 4.80. The number of nitrogen functional groups attached to an aromatic ring is 2. The molecule has 0 aliphatic rings. The Labute approximate surface area is 149 Å². The molecule has 0 atom stereocenters. The third-order valence-electron chi connectivity index (χ3n) is 3.89. The lowest BCUT2D eigenvalue weighted by atomic mass is 10.1. The molecule has 4 N–H and O–H groups in total. The molecule has 0 aliphatic heterocycles. The first-order chi connectivity index (χ1) is 12.0. The van der Waals surface area contributed by atoms with Crippen molar-refractivity contribution in [3.05, 3.63) is 35.5 Å². The Bertz CT molecular complexity index is 933. The average molecular weight is 357 g/mol. The van der Waals surface area contributed by atoms with Crippen LogP contribution in [0.1, 0.15) is 11.1 Å². The number of aromatic nitrogens is 3. The lowest BCUT2D eigenvalue weighted by Crippen LogP contribution is -2.04. The molecule has 3 aromatic rings. The Morgan fingerprint density at radius 2 is 1.92 bits per heavy atom. The summed E-state index contributed by atoms with van der Waals surface area (Å²) in [6.45, 7) is 1.99. The summed E-state index contributed by atoms with van der Waals surface area (Å²) in [5, 5.41) is 0.744. The van der Waals surface area contributed by atoms with E-state index in [9.17, 15) is 0 Å². The molecule has 0 radical (unpaired) electrons. The standard InChI is InChI=1S/C17H19N5O2S/c1-9-10(7-20-16-14(9)15(18)21-17(19)22-16)8-25-13-5-4-11(23-2)6-12(13)24-3/h4-7H,8H2,1-3H3,(H4,18,19,20,21,22). The van der Waals surface area contributed by atoms with E-state index in [1.807, 2.05) is 25.1 Å². The summed E-state index contributed by atoms with van der Waals surface area (Å²) in [5.74, 6) is 2.71. The first-order valence-electron chi connectivity index (χ1n) is 7.55. The number of fused-ring (bicyclic) bond motifs is 1. The van der Waals surface area contributed by atoms with Crippen LogP contribution in [0.5, 0.6) is 11.5 Å². The van der Waals surface area contributed by atoms with Gasteiger partial charge in [0, 0.05) is 22.9 Å². The van der Waals surface area contributed by atoms with Crippen LogP contribution in [0.3, 0.4) is 0 Å². The van der Waals surface area contributed by atoms with Gasteiger partial charge in [0.1, 0.15) is 17.3 Å². The van der Waals surface area contributed by atoms with Crippen molar-refractivity contribution in [2.75, 3.05) is 25.7 Å². The summed E-state index contributed by atoms with van der Waals surface area (Å²) in [5.41, 5.74) is 14.2. The van der Waals surface area contributed by atoms with Crippen molar-refractivity contribution < 1.29 is 9.47 Å². The van der Waals surface area contributed by atoms with Crippen LogP contribution in [0.2, 0.25) is 0 Å². The molecule has 8 heteroatoms. The van der Waals surface area contributed by atoms with Gasteiger partial charge in [-0.15, -0.1) is 11.8 Å². The number of hydrogen-bond acceptors (Lipinski definition) is 8. The Morgan fingerprint density at radius 1 is 1.12 bits per heavy atom. The fraction of sp³-hybridized carbons (Fsp3) is 0.235. The number of nitrogens with zero attached hydrogens (tertiary/aromatic N) is 3. The maximum atomic E-state index is 6.00. The van der Waals surface area contributed by atoms with Crippen LogP contribution < -0.4 is 20.9 Å². The van der Waals surface area contributed by atoms with E-state index in [2.05, 4.69) is 15.0 Å². The molecule has 0 saturated heterocycles. The molecule has 2 aromatic heterocycles. The largest absolute Gasteiger partial charge is 0.497 e. The zero-order chi connectivity index (χ0) is 18.0. The van der Waals surface area contributed by atoms with Gasteiger partial charge < -0.3 is 20.9 Å². The maximum absolute atomic E-state index is 6.00. The van der Waals surface area contributed by atoms with Crippen LogP contribution in [-0.2, 0) is 5.75 Å². The summed E-state index contributed by atoms with van der Waals surface area (Å²) < 4.78 is 10.7. The van der Waals surface area contributed by atoms with Crippen LogP contribution in [-0.4, -0.2) is 29.2 Å². The number of rotatable bonds is 5. The predicted octanol–water partition coefficient (Wildman–Crippen LogP) is 2.81. The predicted molar refractivity (Wildman–Crippen MR) is 100 cm³/mol. The first kappa shape index (κ1) is 17.1. The molecule has 25 heavy (non-hydrogen) atoms. The van der Waals surface area contributed by atoms with E-state index in [0.29, 0.717) is 17.2 Å². The zero-order valence-electron chi connectivity index (χ0n) is 14.2. The van der Waals surface area contributed by atoms with Crippen molar-refractivity contribution in [3.8, 4) is 11.5 Å². The molecular formula is C17H19N5O2S. The quantitative estimate of drug-likeness (QED) is 0.671. The Balaban J connectivity index is 1.90. The highest BCUT2D eigenvalue weighted by Crippen LogP contribution is 2.35. The van der Waals surface area contributed by atoms with Crippen LogP contribution in [0.15, 0.2) is 29.3 Å². The third kappa shape index (κ3) is 3.39. The molecule has 0 spiro atoms. The van der Waals surface area contributed by atoms with Crippen LogP contribution in [0.4, 0.5) is 11.8 Å². The second-order valence-electron chi connectivity index (χ2n) is 5.38. The fourth-order valence-corrected chi connectivity index (χ4v) is 3.58. The van der Waals surface area contributed by atoms with E-state index in [4.69, 9.17) is 20.9 Å². The number of anilines is 2. The summed E-state index contributed by atoms with van der Waals surface area (Å²) in [7, 11) is 3.27. The molecule has 0 aliphatic carbocycles. The number of methoxy groups -OCH3 is 2.